The predicted octanol–water partition coefficient (Wildman–Crippen LogP) is 5.59. The zero-order valence-electron chi connectivity index (χ0n) is 16.8. The third-order valence-corrected chi connectivity index (χ3v) is 32.2. The van der Waals surface area contributed by atoms with Crippen molar-refractivity contribution in [1.29, 1.82) is 0 Å². The van der Waals surface area contributed by atoms with E-state index in [1.54, 1.807) is 0 Å². The number of carbonyl (C=O) groups excluding carboxylic acids is 1. The van der Waals surface area contributed by atoms with E-state index in [2.05, 4.69) is 27.7 Å². The van der Waals surface area contributed by atoms with Gasteiger partial charge in [0, 0.05) is 0 Å². The Hall–Kier alpha value is 1.28. The first kappa shape index (κ1) is 28.5. The van der Waals surface area contributed by atoms with Gasteiger partial charge in [-0.3, -0.25) is 0 Å². The van der Waals surface area contributed by atoms with Crippen molar-refractivity contribution < 1.29 is 14.8 Å². The molecule has 0 rings (SSSR count). The van der Waals surface area contributed by atoms with Crippen LogP contribution in [0, 0.1) is 0 Å². The van der Waals surface area contributed by atoms with Crippen molar-refractivity contribution in [2.75, 3.05) is 5.88 Å². The number of alkyl halides is 1. The molecule has 4 nitrogen and oxygen atoms in total. The number of carbonyl (C=O) groups is 1. The van der Waals surface area contributed by atoms with Gasteiger partial charge in [0.05, 0.1) is 0 Å². The SMILES string of the molecule is CCC[CH2][Sn]([CH2]CCC)[O][Sn]([CH2]CCC)([CH2]CCC)[O]C(=O)CCl.O. The van der Waals surface area contributed by atoms with Crippen LogP contribution in [0.1, 0.15) is 79.1 Å². The Morgan fingerprint density at radius 3 is 1.68 bits per heavy atom. The van der Waals surface area contributed by atoms with Gasteiger partial charge in [-0.1, -0.05) is 0 Å². The summed E-state index contributed by atoms with van der Waals surface area (Å²) >= 11 is 0.516. The van der Waals surface area contributed by atoms with Crippen molar-refractivity contribution in [3.8, 4) is 0 Å². The van der Waals surface area contributed by atoms with E-state index in [1.165, 1.54) is 34.6 Å². The predicted molar refractivity (Wildman–Crippen MR) is 112 cm³/mol. The summed E-state index contributed by atoms with van der Waals surface area (Å²) in [6.07, 6.45) is 9.50. The standard InChI is InChI=1S/4C4H9.C2H3ClO2.H2O.O.2Sn/c4*1-3-4-2;3-1-2(4)5;;;;/h4*1,3-4H2,2H3;1H2,(H,4,5);1H2;;;/q;;;;;;;;+1/p-1. The van der Waals surface area contributed by atoms with Crippen LogP contribution in [0.2, 0.25) is 17.7 Å². The second-order valence-corrected chi connectivity index (χ2v) is 25.9. The summed E-state index contributed by atoms with van der Waals surface area (Å²) in [5, 5.41) is 0. The Balaban J connectivity index is 0. The number of unbranched alkanes of at least 4 members (excludes halogenated alkanes) is 4. The van der Waals surface area contributed by atoms with E-state index in [0.29, 0.717) is 0 Å². The Morgan fingerprint density at radius 1 is 0.880 bits per heavy atom. The fourth-order valence-electron chi connectivity index (χ4n) is 2.71. The number of halogens is 1. The molecule has 0 aliphatic heterocycles. The topological polar surface area (TPSA) is 67.0 Å². The Bertz CT molecular complexity index is 303. The molecule has 0 aromatic rings. The van der Waals surface area contributed by atoms with Crippen LogP contribution in [0.25, 0.3) is 0 Å². The third kappa shape index (κ3) is 14.0. The van der Waals surface area contributed by atoms with Crippen LogP contribution < -0.4 is 0 Å². The zero-order valence-corrected chi connectivity index (χ0v) is 23.3. The fraction of sp³-hybridized carbons (Fsp3) is 0.944. The average Bonchev–Trinajstić information content (AvgIpc) is 2.60. The summed E-state index contributed by atoms with van der Waals surface area (Å²) in [6.45, 7) is 8.90. The van der Waals surface area contributed by atoms with E-state index in [-0.39, 0.29) is 17.3 Å². The van der Waals surface area contributed by atoms with Crippen LogP contribution in [-0.2, 0) is 9.28 Å². The molecular weight excluding hydrogens is 553 g/mol. The number of hydrogen-bond acceptors (Lipinski definition) is 3. The van der Waals surface area contributed by atoms with Gasteiger partial charge in [0.15, 0.2) is 0 Å². The van der Waals surface area contributed by atoms with Crippen LogP contribution in [0.5, 0.6) is 0 Å². The summed E-state index contributed by atoms with van der Waals surface area (Å²) in [7, 11) is 0. The maximum absolute atomic E-state index is 12.0. The van der Waals surface area contributed by atoms with Crippen molar-refractivity contribution in [2.45, 2.75) is 96.8 Å². The van der Waals surface area contributed by atoms with Crippen molar-refractivity contribution >= 4 is 56.9 Å². The quantitative estimate of drug-likeness (QED) is 0.173. The molecule has 0 heterocycles. The Kier molecular flexibility index (Phi) is 21.2. The molecule has 25 heavy (non-hydrogen) atoms. The van der Waals surface area contributed by atoms with Gasteiger partial charge in [0.1, 0.15) is 0 Å². The third-order valence-electron chi connectivity index (χ3n) is 4.18. The van der Waals surface area contributed by atoms with Gasteiger partial charge in [0.2, 0.25) is 0 Å². The van der Waals surface area contributed by atoms with Crippen molar-refractivity contribution in [3.63, 3.8) is 0 Å². The van der Waals surface area contributed by atoms with Gasteiger partial charge in [-0.15, -0.1) is 0 Å². The molecule has 0 spiro atoms. The molecular formula is C18H40ClO4Sn2. The molecule has 0 amide bonds. The van der Waals surface area contributed by atoms with Crippen LogP contribution >= 0.6 is 11.6 Å². The molecule has 0 aromatic heterocycles. The molecule has 0 saturated carbocycles. The van der Waals surface area contributed by atoms with E-state index >= 15 is 0 Å². The molecule has 1 radical (unpaired) electrons. The van der Waals surface area contributed by atoms with Crippen LogP contribution in [-0.4, -0.2) is 56.7 Å². The zero-order chi connectivity index (χ0) is 18.3. The summed E-state index contributed by atoms with van der Waals surface area (Å²) in [5.74, 6) is -0.281. The van der Waals surface area contributed by atoms with Crippen LogP contribution in [0.4, 0.5) is 0 Å². The van der Waals surface area contributed by atoms with E-state index < -0.39 is 39.4 Å². The normalized spacial score (nSPS) is 11.4. The second-order valence-electron chi connectivity index (χ2n) is 6.57. The van der Waals surface area contributed by atoms with Crippen molar-refractivity contribution in [3.05, 3.63) is 0 Å². The molecule has 151 valence electrons. The fourth-order valence-corrected chi connectivity index (χ4v) is 37.3. The maximum atomic E-state index is 12.0. The van der Waals surface area contributed by atoms with E-state index in [9.17, 15) is 4.79 Å². The first-order chi connectivity index (χ1) is 11.6. The molecule has 2 N–H and O–H groups in total. The first-order valence-electron chi connectivity index (χ1n) is 9.88. The van der Waals surface area contributed by atoms with E-state index in [0.717, 1.165) is 34.6 Å². The minimum Gasteiger partial charge on any atom is -0.412 e. The van der Waals surface area contributed by atoms with Crippen molar-refractivity contribution in [1.82, 2.24) is 0 Å². The number of hydrogen-bond donors (Lipinski definition) is 0. The second kappa shape index (κ2) is 18.6. The van der Waals surface area contributed by atoms with Gasteiger partial charge in [-0.25, -0.2) is 0 Å². The molecule has 7 heteroatoms. The largest absolute Gasteiger partial charge is 0.412 e. The van der Waals surface area contributed by atoms with Gasteiger partial charge >= 0.3 is 169 Å². The monoisotopic (exact) mass is 595 g/mol. The minimum absolute atomic E-state index is 0. The summed E-state index contributed by atoms with van der Waals surface area (Å²) in [4.78, 5) is 12.0. The Labute approximate surface area is 173 Å². The molecule has 0 bridgehead atoms. The molecule has 0 aliphatic carbocycles. The minimum atomic E-state index is -3.32. The molecule has 0 atom stereocenters. The maximum Gasteiger partial charge on any atom is -0.412 e. The summed E-state index contributed by atoms with van der Waals surface area (Å²) in [5.41, 5.74) is 0. The van der Waals surface area contributed by atoms with Crippen LogP contribution in [0.15, 0.2) is 0 Å². The van der Waals surface area contributed by atoms with Gasteiger partial charge < -0.3 is 5.48 Å². The van der Waals surface area contributed by atoms with E-state index in [1.807, 2.05) is 0 Å². The molecule has 0 aliphatic rings. The van der Waals surface area contributed by atoms with Gasteiger partial charge in [-0.05, 0) is 0 Å². The molecule has 0 aromatic carbocycles. The van der Waals surface area contributed by atoms with Gasteiger partial charge in [0.25, 0.3) is 0 Å². The average molecular weight is 593 g/mol. The molecule has 0 saturated heterocycles. The molecule has 0 fully saturated rings. The summed E-state index contributed by atoms with van der Waals surface area (Å²) < 4.78 is 17.6. The summed E-state index contributed by atoms with van der Waals surface area (Å²) in [6, 6.07) is 0. The Morgan fingerprint density at radius 2 is 1.32 bits per heavy atom. The van der Waals surface area contributed by atoms with E-state index in [4.69, 9.17) is 16.1 Å². The number of rotatable bonds is 16. The van der Waals surface area contributed by atoms with Gasteiger partial charge in [-0.2, -0.15) is 0 Å². The van der Waals surface area contributed by atoms with Crippen LogP contribution in [0.3, 0.4) is 0 Å². The van der Waals surface area contributed by atoms with Crippen molar-refractivity contribution in [2.24, 2.45) is 0 Å². The molecule has 0 unspecified atom stereocenters. The smallest absolute Gasteiger partial charge is 0.412 e. The first-order valence-corrected chi connectivity index (χ1v) is 22.0.